The Kier molecular flexibility index (Phi) is 4.29. The Hall–Kier alpha value is -2.02. The van der Waals surface area contributed by atoms with Gasteiger partial charge in [0.2, 0.25) is 5.88 Å². The average Bonchev–Trinajstić information content (AvgIpc) is 2.37. The highest BCUT2D eigenvalue weighted by molar-refractivity contribution is 9.10. The van der Waals surface area contributed by atoms with Crippen molar-refractivity contribution in [1.82, 2.24) is 9.97 Å². The number of hydrogen-bond donors (Lipinski definition) is 0. The second kappa shape index (κ2) is 5.96. The molecule has 0 atom stereocenters. The van der Waals surface area contributed by atoms with E-state index in [-0.39, 0.29) is 5.69 Å². The first-order valence-electron chi connectivity index (χ1n) is 5.96. The highest BCUT2D eigenvalue weighted by Gasteiger charge is 2.12. The number of nitro groups is 1. The normalized spacial score (nSPS) is 10.3. The molecule has 7 heteroatoms. The van der Waals surface area contributed by atoms with Gasteiger partial charge in [-0.3, -0.25) is 10.1 Å². The number of halogens is 1. The van der Waals surface area contributed by atoms with Crippen LogP contribution in [0.2, 0.25) is 0 Å². The smallest absolute Gasteiger partial charge is 0.272 e. The van der Waals surface area contributed by atoms with Gasteiger partial charge in [0.1, 0.15) is 16.2 Å². The predicted octanol–water partition coefficient (Wildman–Crippen LogP) is 3.81. The van der Waals surface area contributed by atoms with Crippen LogP contribution >= 0.6 is 15.9 Å². The highest BCUT2D eigenvalue weighted by Crippen LogP contribution is 2.27. The molecule has 0 bridgehead atoms. The number of nitro benzene ring substituents is 1. The molecular formula is C13H12BrN3O3. The molecule has 1 aromatic carbocycles. The minimum absolute atomic E-state index is 0.0652. The number of benzene rings is 1. The summed E-state index contributed by atoms with van der Waals surface area (Å²) in [5.41, 5.74) is 0.604. The number of nitrogens with zero attached hydrogens (tertiary/aromatic N) is 3. The van der Waals surface area contributed by atoms with E-state index in [1.165, 1.54) is 6.07 Å². The lowest BCUT2D eigenvalue weighted by Gasteiger charge is -2.07. The third kappa shape index (κ3) is 3.30. The molecule has 0 amide bonds. The molecule has 0 spiro atoms. The maximum atomic E-state index is 10.8. The minimum atomic E-state index is -0.421. The van der Waals surface area contributed by atoms with E-state index in [4.69, 9.17) is 4.74 Å². The summed E-state index contributed by atoms with van der Waals surface area (Å²) < 4.78 is 6.25. The largest absolute Gasteiger partial charge is 0.439 e. The summed E-state index contributed by atoms with van der Waals surface area (Å²) >= 11 is 3.29. The number of aromatic nitrogens is 2. The van der Waals surface area contributed by atoms with E-state index in [1.807, 2.05) is 6.92 Å². The maximum absolute atomic E-state index is 10.8. The van der Waals surface area contributed by atoms with Gasteiger partial charge in [-0.05, 0) is 35.0 Å². The van der Waals surface area contributed by atoms with Gasteiger partial charge >= 0.3 is 0 Å². The molecular weight excluding hydrogens is 326 g/mol. The van der Waals surface area contributed by atoms with Gasteiger partial charge in [0, 0.05) is 24.1 Å². The Labute approximate surface area is 124 Å². The number of aryl methyl sites for hydroxylation is 2. The number of rotatable bonds is 4. The quantitative estimate of drug-likeness (QED) is 0.481. The molecule has 0 saturated carbocycles. The summed E-state index contributed by atoms with van der Waals surface area (Å²) in [5.74, 6) is 1.56. The molecule has 0 aliphatic heterocycles. The van der Waals surface area contributed by atoms with Crippen LogP contribution in [0.15, 0.2) is 28.9 Å². The van der Waals surface area contributed by atoms with Crippen LogP contribution in [0.1, 0.15) is 18.3 Å². The van der Waals surface area contributed by atoms with Gasteiger partial charge in [-0.2, -0.15) is 4.98 Å². The number of ether oxygens (including phenoxy) is 1. The molecule has 104 valence electrons. The van der Waals surface area contributed by atoms with Crippen LogP contribution in [-0.2, 0) is 6.42 Å². The topological polar surface area (TPSA) is 78.2 Å². The van der Waals surface area contributed by atoms with Crippen molar-refractivity contribution < 1.29 is 9.66 Å². The second-order valence-corrected chi connectivity index (χ2v) is 4.92. The zero-order valence-corrected chi connectivity index (χ0v) is 12.5. The van der Waals surface area contributed by atoms with Crippen LogP contribution in [0, 0.1) is 17.0 Å². The Bertz CT molecular complexity index is 661. The molecule has 0 unspecified atom stereocenters. The van der Waals surface area contributed by atoms with Crippen LogP contribution in [0.3, 0.4) is 0 Å². The van der Waals surface area contributed by atoms with Gasteiger partial charge < -0.3 is 4.74 Å². The summed E-state index contributed by atoms with van der Waals surface area (Å²) in [5, 5.41) is 10.8. The van der Waals surface area contributed by atoms with Gasteiger partial charge in [-0.1, -0.05) is 6.92 Å². The van der Waals surface area contributed by atoms with E-state index in [9.17, 15) is 10.1 Å². The van der Waals surface area contributed by atoms with Gasteiger partial charge in [-0.15, -0.1) is 0 Å². The van der Waals surface area contributed by atoms with Crippen LogP contribution in [0.4, 0.5) is 5.69 Å². The molecule has 2 rings (SSSR count). The van der Waals surface area contributed by atoms with E-state index >= 15 is 0 Å². The van der Waals surface area contributed by atoms with Crippen LogP contribution in [0.5, 0.6) is 11.6 Å². The lowest BCUT2D eigenvalue weighted by Crippen LogP contribution is -1.97. The first-order valence-corrected chi connectivity index (χ1v) is 6.75. The molecule has 0 radical (unpaired) electrons. The molecule has 6 nitrogen and oxygen atoms in total. The van der Waals surface area contributed by atoms with Gasteiger partial charge in [0.25, 0.3) is 5.69 Å². The standard InChI is InChI=1S/C13H12BrN3O3/c1-3-12-15-11(14)7-13(16-12)20-9-4-5-10(17(18)19)8(2)6-9/h4-7H,3H2,1-2H3. The van der Waals surface area contributed by atoms with Crippen molar-refractivity contribution in [2.75, 3.05) is 0 Å². The fraction of sp³-hybridized carbons (Fsp3) is 0.231. The average molecular weight is 338 g/mol. The fourth-order valence-corrected chi connectivity index (χ4v) is 2.07. The van der Waals surface area contributed by atoms with Gasteiger partial charge in [0.15, 0.2) is 0 Å². The minimum Gasteiger partial charge on any atom is -0.439 e. The summed E-state index contributed by atoms with van der Waals surface area (Å²) in [6.45, 7) is 3.61. The maximum Gasteiger partial charge on any atom is 0.272 e. The van der Waals surface area contributed by atoms with Crippen molar-refractivity contribution in [3.05, 3.63) is 50.4 Å². The summed E-state index contributed by atoms with van der Waals surface area (Å²) in [7, 11) is 0. The first kappa shape index (κ1) is 14.4. The van der Waals surface area contributed by atoms with E-state index in [0.717, 1.165) is 0 Å². The third-order valence-electron chi connectivity index (χ3n) is 2.62. The Morgan fingerprint density at radius 3 is 2.70 bits per heavy atom. The van der Waals surface area contributed by atoms with Crippen molar-refractivity contribution >= 4 is 21.6 Å². The Morgan fingerprint density at radius 2 is 2.10 bits per heavy atom. The molecule has 1 heterocycles. The van der Waals surface area contributed by atoms with Gasteiger partial charge in [-0.25, -0.2) is 4.98 Å². The van der Waals surface area contributed by atoms with Crippen molar-refractivity contribution in [1.29, 1.82) is 0 Å². The number of hydrogen-bond acceptors (Lipinski definition) is 5. The first-order chi connectivity index (χ1) is 9.49. The van der Waals surface area contributed by atoms with Crippen LogP contribution in [-0.4, -0.2) is 14.9 Å². The molecule has 1 aromatic heterocycles. The second-order valence-electron chi connectivity index (χ2n) is 4.11. The van der Waals surface area contributed by atoms with E-state index in [1.54, 1.807) is 25.1 Å². The highest BCUT2D eigenvalue weighted by atomic mass is 79.9. The summed E-state index contributed by atoms with van der Waals surface area (Å²) in [6.07, 6.45) is 0.690. The van der Waals surface area contributed by atoms with Crippen LogP contribution in [0.25, 0.3) is 0 Å². The summed E-state index contributed by atoms with van der Waals surface area (Å²) in [4.78, 5) is 18.8. The van der Waals surface area contributed by atoms with E-state index in [2.05, 4.69) is 25.9 Å². The van der Waals surface area contributed by atoms with Crippen LogP contribution < -0.4 is 4.74 Å². The molecule has 0 saturated heterocycles. The third-order valence-corrected chi connectivity index (χ3v) is 3.03. The SMILES string of the molecule is CCc1nc(Br)cc(Oc2ccc([N+](=O)[O-])c(C)c2)n1. The molecule has 0 aliphatic rings. The van der Waals surface area contributed by atoms with Gasteiger partial charge in [0.05, 0.1) is 4.92 Å². The lowest BCUT2D eigenvalue weighted by molar-refractivity contribution is -0.385. The predicted molar refractivity (Wildman–Crippen MR) is 77.0 cm³/mol. The molecule has 2 aromatic rings. The lowest BCUT2D eigenvalue weighted by atomic mass is 10.2. The van der Waals surface area contributed by atoms with E-state index < -0.39 is 4.92 Å². The summed E-state index contributed by atoms with van der Waals surface area (Å²) in [6, 6.07) is 6.23. The van der Waals surface area contributed by atoms with Crippen molar-refractivity contribution in [3.63, 3.8) is 0 Å². The van der Waals surface area contributed by atoms with E-state index in [0.29, 0.717) is 34.0 Å². The zero-order valence-electron chi connectivity index (χ0n) is 11.0. The Morgan fingerprint density at radius 1 is 1.35 bits per heavy atom. The molecule has 0 fully saturated rings. The van der Waals surface area contributed by atoms with Crippen molar-refractivity contribution in [3.8, 4) is 11.6 Å². The monoisotopic (exact) mass is 337 g/mol. The molecule has 0 aliphatic carbocycles. The molecule has 0 N–H and O–H groups in total. The fourth-order valence-electron chi connectivity index (χ4n) is 1.67. The zero-order chi connectivity index (χ0) is 14.7. The van der Waals surface area contributed by atoms with Crippen molar-refractivity contribution in [2.24, 2.45) is 0 Å². The molecule has 20 heavy (non-hydrogen) atoms. The Balaban J connectivity index is 2.28. The van der Waals surface area contributed by atoms with Crippen molar-refractivity contribution in [2.45, 2.75) is 20.3 Å².